The van der Waals surface area contributed by atoms with E-state index in [-0.39, 0.29) is 0 Å². The highest BCUT2D eigenvalue weighted by Gasteiger charge is 2.40. The lowest BCUT2D eigenvalue weighted by atomic mass is 10.2. The number of hydrogen-bond donors (Lipinski definition) is 0. The maximum Gasteiger partial charge on any atom is 0.226 e. The van der Waals surface area contributed by atoms with E-state index in [9.17, 15) is 0 Å². The zero-order valence-electron chi connectivity index (χ0n) is 15.1. The lowest BCUT2D eigenvalue weighted by molar-refractivity contribution is 0.285. The van der Waals surface area contributed by atoms with Gasteiger partial charge in [-0.3, -0.25) is 9.97 Å². The first-order valence-corrected chi connectivity index (χ1v) is 9.51. The van der Waals surface area contributed by atoms with E-state index >= 15 is 0 Å². The van der Waals surface area contributed by atoms with Crippen LogP contribution in [0.1, 0.15) is 23.9 Å². The fourth-order valence-corrected chi connectivity index (χ4v) is 3.22. The molecule has 1 fully saturated rings. The van der Waals surface area contributed by atoms with Gasteiger partial charge in [-0.1, -0.05) is 0 Å². The van der Waals surface area contributed by atoms with Crippen molar-refractivity contribution in [1.29, 1.82) is 0 Å². The normalized spacial score (nSPS) is 18.2. The Morgan fingerprint density at radius 1 is 1.07 bits per heavy atom. The molecule has 2 unspecified atom stereocenters. The van der Waals surface area contributed by atoms with Gasteiger partial charge >= 0.3 is 0 Å². The maximum absolute atomic E-state index is 6.07. The van der Waals surface area contributed by atoms with E-state index in [4.69, 9.17) is 9.47 Å². The predicted molar refractivity (Wildman–Crippen MR) is 105 cm³/mol. The van der Waals surface area contributed by atoms with Gasteiger partial charge in [-0.15, -0.1) is 0 Å². The second-order valence-electron chi connectivity index (χ2n) is 6.53. The number of ether oxygens (including phenoxy) is 2. The van der Waals surface area contributed by atoms with Gasteiger partial charge in [-0.2, -0.15) is 4.98 Å². The van der Waals surface area contributed by atoms with Crippen molar-refractivity contribution in [1.82, 2.24) is 19.9 Å². The van der Waals surface area contributed by atoms with E-state index in [1.54, 1.807) is 25.7 Å². The molecule has 138 valence electrons. The molecular weight excluding hydrogens is 408 g/mol. The molecule has 0 spiro atoms. The van der Waals surface area contributed by atoms with Crippen LogP contribution in [0.5, 0.6) is 11.6 Å². The Bertz CT molecular complexity index is 932. The third kappa shape index (κ3) is 4.08. The first-order valence-electron chi connectivity index (χ1n) is 8.72. The van der Waals surface area contributed by atoms with Gasteiger partial charge in [0.15, 0.2) is 0 Å². The standard InChI is InChI=1S/C20H19BrN4O2/c1-12-22-10-17(19-5-3-14(21)8-23-19)20(25-12)27-11-13-7-16(13)18-6-4-15(26-2)9-24-18/h3-6,8-10,13,16H,7,11H2,1-2H3. The molecule has 0 bridgehead atoms. The number of aromatic nitrogens is 4. The summed E-state index contributed by atoms with van der Waals surface area (Å²) >= 11 is 3.41. The number of methoxy groups -OCH3 is 1. The van der Waals surface area contributed by atoms with Crippen molar-refractivity contribution in [3.8, 4) is 22.9 Å². The van der Waals surface area contributed by atoms with E-state index in [2.05, 4.69) is 35.9 Å². The second-order valence-corrected chi connectivity index (χ2v) is 7.45. The van der Waals surface area contributed by atoms with Gasteiger partial charge in [-0.25, -0.2) is 4.98 Å². The highest BCUT2D eigenvalue weighted by molar-refractivity contribution is 9.10. The zero-order chi connectivity index (χ0) is 18.8. The minimum atomic E-state index is 0.424. The van der Waals surface area contributed by atoms with Crippen molar-refractivity contribution < 1.29 is 9.47 Å². The van der Waals surface area contributed by atoms with Crippen molar-refractivity contribution in [2.75, 3.05) is 13.7 Å². The highest BCUT2D eigenvalue weighted by atomic mass is 79.9. The van der Waals surface area contributed by atoms with Gasteiger partial charge in [0.05, 0.1) is 31.2 Å². The minimum absolute atomic E-state index is 0.424. The van der Waals surface area contributed by atoms with E-state index in [0.717, 1.165) is 33.6 Å². The van der Waals surface area contributed by atoms with Crippen LogP contribution in [0.4, 0.5) is 0 Å². The van der Waals surface area contributed by atoms with Crippen LogP contribution in [0.25, 0.3) is 11.3 Å². The first-order chi connectivity index (χ1) is 13.1. The molecule has 27 heavy (non-hydrogen) atoms. The van der Waals surface area contributed by atoms with Crippen LogP contribution in [0, 0.1) is 12.8 Å². The fraction of sp³-hybridized carbons (Fsp3) is 0.300. The van der Waals surface area contributed by atoms with Crippen LogP contribution in [0.3, 0.4) is 0 Å². The summed E-state index contributed by atoms with van der Waals surface area (Å²) in [4.78, 5) is 17.7. The van der Waals surface area contributed by atoms with Gasteiger partial charge in [0.1, 0.15) is 11.6 Å². The molecule has 6 nitrogen and oxygen atoms in total. The average molecular weight is 427 g/mol. The van der Waals surface area contributed by atoms with Gasteiger partial charge in [0, 0.05) is 34.4 Å². The number of rotatable bonds is 6. The van der Waals surface area contributed by atoms with Crippen molar-refractivity contribution in [3.63, 3.8) is 0 Å². The van der Waals surface area contributed by atoms with E-state index in [0.29, 0.717) is 30.1 Å². The van der Waals surface area contributed by atoms with Crippen LogP contribution in [0.15, 0.2) is 47.3 Å². The SMILES string of the molecule is COc1ccc(C2CC2COc2nc(C)ncc2-c2ccc(Br)cn2)nc1. The molecule has 7 heteroatoms. The van der Waals surface area contributed by atoms with Crippen LogP contribution >= 0.6 is 15.9 Å². The quantitative estimate of drug-likeness (QED) is 0.588. The molecule has 0 saturated heterocycles. The fourth-order valence-electron chi connectivity index (χ4n) is 2.98. The summed E-state index contributed by atoms with van der Waals surface area (Å²) in [6.07, 6.45) is 6.35. The Hall–Kier alpha value is -2.54. The van der Waals surface area contributed by atoms with Crippen LogP contribution < -0.4 is 9.47 Å². The molecule has 3 aromatic heterocycles. The van der Waals surface area contributed by atoms with Gasteiger partial charge in [-0.05, 0) is 53.5 Å². The average Bonchev–Trinajstić information content (AvgIpc) is 3.47. The van der Waals surface area contributed by atoms with Gasteiger partial charge in [0.2, 0.25) is 5.88 Å². The highest BCUT2D eigenvalue weighted by Crippen LogP contribution is 2.47. The lowest BCUT2D eigenvalue weighted by Gasteiger charge is -2.10. The van der Waals surface area contributed by atoms with E-state index in [1.165, 1.54) is 0 Å². The minimum Gasteiger partial charge on any atom is -0.495 e. The van der Waals surface area contributed by atoms with Gasteiger partial charge < -0.3 is 9.47 Å². The van der Waals surface area contributed by atoms with Crippen LogP contribution in [-0.2, 0) is 0 Å². The smallest absolute Gasteiger partial charge is 0.226 e. The third-order valence-corrected chi connectivity index (χ3v) is 5.08. The number of halogens is 1. The predicted octanol–water partition coefficient (Wildman–Crippen LogP) is 4.20. The largest absolute Gasteiger partial charge is 0.495 e. The summed E-state index contributed by atoms with van der Waals surface area (Å²) in [7, 11) is 1.64. The van der Waals surface area contributed by atoms with E-state index < -0.39 is 0 Å². The molecule has 1 aliphatic rings. The molecule has 4 rings (SSSR count). The molecule has 0 amide bonds. The van der Waals surface area contributed by atoms with Crippen molar-refractivity contribution >= 4 is 15.9 Å². The summed E-state index contributed by atoms with van der Waals surface area (Å²) in [5.41, 5.74) is 2.67. The Kier molecular flexibility index (Phi) is 5.03. The molecule has 0 aromatic carbocycles. The third-order valence-electron chi connectivity index (χ3n) is 4.61. The molecular formula is C20H19BrN4O2. The number of aryl methyl sites for hydroxylation is 1. The summed E-state index contributed by atoms with van der Waals surface area (Å²) in [6.45, 7) is 2.45. The van der Waals surface area contributed by atoms with E-state index in [1.807, 2.05) is 31.2 Å². The summed E-state index contributed by atoms with van der Waals surface area (Å²) in [5.74, 6) is 2.89. The van der Waals surface area contributed by atoms with Crippen molar-refractivity contribution in [2.24, 2.45) is 5.92 Å². The Morgan fingerprint density at radius 2 is 1.96 bits per heavy atom. The van der Waals surface area contributed by atoms with Gasteiger partial charge in [0.25, 0.3) is 0 Å². The molecule has 0 radical (unpaired) electrons. The Morgan fingerprint density at radius 3 is 2.67 bits per heavy atom. The molecule has 2 atom stereocenters. The molecule has 0 aliphatic heterocycles. The second kappa shape index (κ2) is 7.60. The molecule has 3 aromatic rings. The first kappa shape index (κ1) is 17.9. The number of nitrogens with zero attached hydrogens (tertiary/aromatic N) is 4. The van der Waals surface area contributed by atoms with Crippen LogP contribution in [-0.4, -0.2) is 33.7 Å². The maximum atomic E-state index is 6.07. The summed E-state index contributed by atoms with van der Waals surface area (Å²) in [5, 5.41) is 0. The van der Waals surface area contributed by atoms with Crippen LogP contribution in [0.2, 0.25) is 0 Å². The number of hydrogen-bond acceptors (Lipinski definition) is 6. The summed E-state index contributed by atoms with van der Waals surface area (Å²) < 4.78 is 12.2. The van der Waals surface area contributed by atoms with Crippen molar-refractivity contribution in [2.45, 2.75) is 19.3 Å². The molecule has 0 N–H and O–H groups in total. The monoisotopic (exact) mass is 426 g/mol. The molecule has 1 saturated carbocycles. The molecule has 3 heterocycles. The topological polar surface area (TPSA) is 70.0 Å². The molecule has 1 aliphatic carbocycles. The van der Waals surface area contributed by atoms with Crippen molar-refractivity contribution in [3.05, 3.63) is 58.8 Å². The Labute approximate surface area is 166 Å². The lowest BCUT2D eigenvalue weighted by Crippen LogP contribution is -2.06. The number of pyridine rings is 2. The zero-order valence-corrected chi connectivity index (χ0v) is 16.7. The Balaban J connectivity index is 1.45. The summed E-state index contributed by atoms with van der Waals surface area (Å²) in [6, 6.07) is 7.84.